The fourth-order valence-corrected chi connectivity index (χ4v) is 3.19. The first-order valence-electron chi connectivity index (χ1n) is 9.92. The number of ether oxygens (including phenoxy) is 1. The van der Waals surface area contributed by atoms with Gasteiger partial charge in [-0.05, 0) is 51.5 Å². The van der Waals surface area contributed by atoms with Gasteiger partial charge in [-0.15, -0.1) is 24.0 Å². The van der Waals surface area contributed by atoms with Gasteiger partial charge in [0.2, 0.25) is 0 Å². The van der Waals surface area contributed by atoms with Crippen LogP contribution in [0.1, 0.15) is 63.1 Å². The van der Waals surface area contributed by atoms with Gasteiger partial charge in [-0.3, -0.25) is 10.1 Å². The highest BCUT2D eigenvalue weighted by atomic mass is 127. The number of H-pyrrole nitrogens is 1. The minimum Gasteiger partial charge on any atom is -0.378 e. The molecule has 0 spiro atoms. The van der Waals surface area contributed by atoms with E-state index in [1.165, 1.54) is 37.7 Å². The number of aromatic amines is 1. The van der Waals surface area contributed by atoms with Gasteiger partial charge < -0.3 is 15.4 Å². The molecule has 0 unspecified atom stereocenters. The van der Waals surface area contributed by atoms with Crippen LogP contribution >= 0.6 is 24.0 Å². The van der Waals surface area contributed by atoms with Crippen molar-refractivity contribution in [3.63, 3.8) is 0 Å². The van der Waals surface area contributed by atoms with E-state index < -0.39 is 0 Å². The fourth-order valence-electron chi connectivity index (χ4n) is 3.19. The summed E-state index contributed by atoms with van der Waals surface area (Å²) in [6.45, 7) is 7.60. The maximum absolute atomic E-state index is 5.97. The van der Waals surface area contributed by atoms with Crippen LogP contribution in [0.15, 0.2) is 11.2 Å². The lowest BCUT2D eigenvalue weighted by molar-refractivity contribution is 0.0277. The third-order valence-electron chi connectivity index (χ3n) is 4.67. The second kappa shape index (κ2) is 14.3. The summed E-state index contributed by atoms with van der Waals surface area (Å²) in [6.07, 6.45) is 12.0. The predicted molar refractivity (Wildman–Crippen MR) is 118 cm³/mol. The molecule has 3 N–H and O–H groups in total. The first-order valence-corrected chi connectivity index (χ1v) is 9.92. The summed E-state index contributed by atoms with van der Waals surface area (Å²) >= 11 is 0. The summed E-state index contributed by atoms with van der Waals surface area (Å²) in [7, 11) is 0. The van der Waals surface area contributed by atoms with Crippen LogP contribution in [0.2, 0.25) is 0 Å². The zero-order valence-corrected chi connectivity index (χ0v) is 18.7. The van der Waals surface area contributed by atoms with Gasteiger partial charge in [0.05, 0.1) is 12.3 Å². The molecule has 0 aromatic carbocycles. The summed E-state index contributed by atoms with van der Waals surface area (Å²) in [5.41, 5.74) is 2.44. The van der Waals surface area contributed by atoms with Crippen LogP contribution in [0.5, 0.6) is 0 Å². The number of hydrogen-bond donors (Lipinski definition) is 3. The van der Waals surface area contributed by atoms with Crippen LogP contribution in [-0.2, 0) is 11.2 Å². The Hall–Kier alpha value is -0.830. The van der Waals surface area contributed by atoms with Crippen LogP contribution < -0.4 is 10.6 Å². The Balaban J connectivity index is 0.00000338. The topological polar surface area (TPSA) is 74.3 Å². The largest absolute Gasteiger partial charge is 0.378 e. The maximum Gasteiger partial charge on any atom is 0.191 e. The number of hydrogen-bond acceptors (Lipinski definition) is 3. The lowest BCUT2D eigenvalue weighted by Gasteiger charge is -2.22. The molecular weight excluding hydrogens is 441 g/mol. The lowest BCUT2D eigenvalue weighted by Crippen LogP contribution is -2.38. The quantitative estimate of drug-likeness (QED) is 0.209. The highest BCUT2D eigenvalue weighted by Gasteiger charge is 2.12. The molecule has 1 saturated carbocycles. The van der Waals surface area contributed by atoms with Crippen LogP contribution in [-0.4, -0.2) is 48.5 Å². The van der Waals surface area contributed by atoms with E-state index in [9.17, 15) is 0 Å². The van der Waals surface area contributed by atoms with Crippen molar-refractivity contribution in [3.8, 4) is 0 Å². The highest BCUT2D eigenvalue weighted by molar-refractivity contribution is 14.0. The van der Waals surface area contributed by atoms with Crippen molar-refractivity contribution in [2.45, 2.75) is 71.3 Å². The normalized spacial score (nSPS) is 15.5. The molecule has 0 radical (unpaired) electrons. The minimum absolute atomic E-state index is 0. The number of aryl methyl sites for hydroxylation is 2. The average Bonchev–Trinajstić information content (AvgIpc) is 3.04. The van der Waals surface area contributed by atoms with Gasteiger partial charge in [-0.2, -0.15) is 5.10 Å². The minimum atomic E-state index is 0. The zero-order valence-electron chi connectivity index (χ0n) is 16.4. The van der Waals surface area contributed by atoms with E-state index in [-0.39, 0.29) is 24.0 Å². The molecule has 1 aromatic rings. The number of aromatic nitrogens is 2. The van der Waals surface area contributed by atoms with Crippen molar-refractivity contribution >= 4 is 29.9 Å². The van der Waals surface area contributed by atoms with E-state index in [2.05, 4.69) is 39.7 Å². The Bertz CT molecular complexity index is 500. The molecule has 1 aromatic heterocycles. The third kappa shape index (κ3) is 9.21. The van der Waals surface area contributed by atoms with Gasteiger partial charge >= 0.3 is 0 Å². The molecule has 26 heavy (non-hydrogen) atoms. The summed E-state index contributed by atoms with van der Waals surface area (Å²) in [5.74, 6) is 0.907. The number of guanidine groups is 1. The van der Waals surface area contributed by atoms with E-state index in [0.29, 0.717) is 6.10 Å². The van der Waals surface area contributed by atoms with Crippen LogP contribution in [0.3, 0.4) is 0 Å². The van der Waals surface area contributed by atoms with Crippen molar-refractivity contribution in [1.29, 1.82) is 0 Å². The van der Waals surface area contributed by atoms with Crippen LogP contribution in [0, 0.1) is 6.92 Å². The predicted octanol–water partition coefficient (Wildman–Crippen LogP) is 3.56. The molecule has 7 heteroatoms. The van der Waals surface area contributed by atoms with Crippen molar-refractivity contribution in [3.05, 3.63) is 17.5 Å². The number of rotatable bonds is 10. The molecule has 0 aliphatic heterocycles. The smallest absolute Gasteiger partial charge is 0.191 e. The lowest BCUT2D eigenvalue weighted by atomic mass is 9.98. The molecule has 0 atom stereocenters. The first kappa shape index (κ1) is 23.2. The van der Waals surface area contributed by atoms with Gasteiger partial charge in [-0.1, -0.05) is 19.3 Å². The summed E-state index contributed by atoms with van der Waals surface area (Å²) in [5, 5.41) is 13.8. The van der Waals surface area contributed by atoms with E-state index in [1.807, 2.05) is 6.20 Å². The molecule has 150 valence electrons. The Morgan fingerprint density at radius 3 is 2.77 bits per heavy atom. The van der Waals surface area contributed by atoms with Crippen molar-refractivity contribution in [2.24, 2.45) is 4.99 Å². The summed E-state index contributed by atoms with van der Waals surface area (Å²) in [4.78, 5) is 4.65. The number of aliphatic imine (C=N–C) groups is 1. The second-order valence-corrected chi connectivity index (χ2v) is 6.80. The molecule has 0 amide bonds. The van der Waals surface area contributed by atoms with Gasteiger partial charge in [0.1, 0.15) is 0 Å². The average molecular weight is 477 g/mol. The van der Waals surface area contributed by atoms with Crippen molar-refractivity contribution < 1.29 is 4.74 Å². The van der Waals surface area contributed by atoms with Crippen LogP contribution in [0.25, 0.3) is 0 Å². The summed E-state index contributed by atoms with van der Waals surface area (Å²) in [6, 6.07) is 0. The molecule has 2 rings (SSSR count). The molecule has 0 saturated heterocycles. The van der Waals surface area contributed by atoms with E-state index in [1.54, 1.807) is 0 Å². The van der Waals surface area contributed by atoms with E-state index >= 15 is 0 Å². The van der Waals surface area contributed by atoms with Gasteiger partial charge in [0.15, 0.2) is 5.96 Å². The molecule has 0 bridgehead atoms. The molecule has 1 aliphatic rings. The second-order valence-electron chi connectivity index (χ2n) is 6.80. The third-order valence-corrected chi connectivity index (χ3v) is 4.67. The molecular formula is C19H36IN5O. The van der Waals surface area contributed by atoms with Crippen LogP contribution in [0.4, 0.5) is 0 Å². The Kier molecular flexibility index (Phi) is 12.7. The maximum atomic E-state index is 5.97. The standard InChI is InChI=1S/C19H35N5O.HI/c1-3-20-19(21-12-7-9-17-15-23-24-16(17)2)22-13-8-14-25-18-10-5-4-6-11-18;/h15,18H,3-14H2,1-2H3,(H,23,24)(H2,20,21,22);1H. The molecule has 6 nitrogen and oxygen atoms in total. The monoisotopic (exact) mass is 477 g/mol. The zero-order chi connectivity index (χ0) is 17.7. The first-order chi connectivity index (χ1) is 12.3. The number of nitrogens with one attached hydrogen (secondary N) is 3. The van der Waals surface area contributed by atoms with E-state index in [0.717, 1.165) is 57.2 Å². The Morgan fingerprint density at radius 1 is 1.27 bits per heavy atom. The fraction of sp³-hybridized carbons (Fsp3) is 0.789. The number of nitrogens with zero attached hydrogens (tertiary/aromatic N) is 2. The van der Waals surface area contributed by atoms with Gasteiger partial charge in [0.25, 0.3) is 0 Å². The molecule has 1 fully saturated rings. The highest BCUT2D eigenvalue weighted by Crippen LogP contribution is 2.20. The molecule has 1 heterocycles. The van der Waals surface area contributed by atoms with Gasteiger partial charge in [0, 0.05) is 31.9 Å². The summed E-state index contributed by atoms with van der Waals surface area (Å²) < 4.78 is 5.97. The Morgan fingerprint density at radius 2 is 2.08 bits per heavy atom. The van der Waals surface area contributed by atoms with Gasteiger partial charge in [-0.25, -0.2) is 0 Å². The van der Waals surface area contributed by atoms with E-state index in [4.69, 9.17) is 4.74 Å². The molecule has 1 aliphatic carbocycles. The van der Waals surface area contributed by atoms with Crippen molar-refractivity contribution in [2.75, 3.05) is 26.2 Å². The Labute approximate surface area is 175 Å². The number of halogens is 1. The SMILES string of the molecule is CCNC(=NCCCc1cn[nH]c1C)NCCCOC1CCCCC1.I. The van der Waals surface area contributed by atoms with Crippen molar-refractivity contribution in [1.82, 2.24) is 20.8 Å².